The summed E-state index contributed by atoms with van der Waals surface area (Å²) in [7, 11) is 0. The van der Waals surface area contributed by atoms with Crippen LogP contribution in [0.1, 0.15) is 68.2 Å². The van der Waals surface area contributed by atoms with E-state index >= 15 is 0 Å². The highest BCUT2D eigenvalue weighted by molar-refractivity contribution is 14.1. The third-order valence-electron chi connectivity index (χ3n) is 5.91. The molecule has 6 heteroatoms. The van der Waals surface area contributed by atoms with Crippen LogP contribution in [0.3, 0.4) is 0 Å². The number of rotatable bonds is 10. The fourth-order valence-corrected chi connectivity index (χ4v) is 4.90. The lowest BCUT2D eigenvalue weighted by atomic mass is 9.80. The topological polar surface area (TPSA) is 61.8 Å². The molecule has 0 spiro atoms. The van der Waals surface area contributed by atoms with Crippen molar-refractivity contribution < 1.29 is 23.8 Å². The van der Waals surface area contributed by atoms with Crippen molar-refractivity contribution in [1.29, 1.82) is 0 Å². The standard InChI is InChI=1S/C23H39IO5/c1-9-19(15(3)10-11-24)27-22(26)18(6)21-17(5)20(28-23(7,8)29-21)16(4)12-14(2)13-25/h10-11,13-21H,9,12H2,1-8H3/b11-10+/t14-,15-,16+,17-,18-,19-,20+,21+/m1/s1. The third kappa shape index (κ3) is 7.62. The molecular weight excluding hydrogens is 483 g/mol. The van der Waals surface area contributed by atoms with Crippen molar-refractivity contribution in [3.8, 4) is 0 Å². The van der Waals surface area contributed by atoms with E-state index in [9.17, 15) is 9.59 Å². The minimum atomic E-state index is -0.795. The molecule has 5 nitrogen and oxygen atoms in total. The van der Waals surface area contributed by atoms with Gasteiger partial charge in [-0.1, -0.05) is 63.3 Å². The quantitative estimate of drug-likeness (QED) is 0.214. The molecule has 0 radical (unpaired) electrons. The number of carbonyl (C=O) groups excluding carboxylic acids is 2. The smallest absolute Gasteiger partial charge is 0.311 e. The lowest BCUT2D eigenvalue weighted by Crippen LogP contribution is -2.55. The Balaban J connectivity index is 2.95. The molecule has 168 valence electrons. The Hall–Kier alpha value is -0.470. The van der Waals surface area contributed by atoms with Gasteiger partial charge in [0.25, 0.3) is 0 Å². The van der Waals surface area contributed by atoms with Crippen molar-refractivity contribution >= 4 is 34.8 Å². The van der Waals surface area contributed by atoms with Crippen molar-refractivity contribution in [3.05, 3.63) is 10.2 Å². The molecule has 1 aliphatic rings. The summed E-state index contributed by atoms with van der Waals surface area (Å²) in [6.45, 7) is 15.8. The van der Waals surface area contributed by atoms with Crippen LogP contribution in [0.25, 0.3) is 0 Å². The van der Waals surface area contributed by atoms with Gasteiger partial charge in [-0.25, -0.2) is 0 Å². The second-order valence-corrected chi connectivity index (χ2v) is 9.82. The normalized spacial score (nSPS) is 29.6. The van der Waals surface area contributed by atoms with E-state index in [-0.39, 0.29) is 48.0 Å². The predicted octanol–water partition coefficient (Wildman–Crippen LogP) is 5.55. The average Bonchev–Trinajstić information content (AvgIpc) is 2.66. The largest absolute Gasteiger partial charge is 0.461 e. The zero-order valence-electron chi connectivity index (χ0n) is 19.2. The van der Waals surface area contributed by atoms with Crippen LogP contribution in [0.15, 0.2) is 10.2 Å². The molecular formula is C23H39IO5. The molecule has 0 amide bonds. The Morgan fingerprint density at radius 3 is 2.28 bits per heavy atom. The molecule has 1 aliphatic heterocycles. The van der Waals surface area contributed by atoms with Gasteiger partial charge in [0, 0.05) is 17.8 Å². The molecule has 1 fully saturated rings. The van der Waals surface area contributed by atoms with E-state index in [0.717, 1.165) is 19.1 Å². The summed E-state index contributed by atoms with van der Waals surface area (Å²) in [4.78, 5) is 24.1. The van der Waals surface area contributed by atoms with Crippen LogP contribution in [0.5, 0.6) is 0 Å². The minimum Gasteiger partial charge on any atom is -0.461 e. The maximum atomic E-state index is 13.0. The van der Waals surface area contributed by atoms with Crippen molar-refractivity contribution in [3.63, 3.8) is 0 Å². The van der Waals surface area contributed by atoms with Gasteiger partial charge < -0.3 is 19.0 Å². The summed E-state index contributed by atoms with van der Waals surface area (Å²) < 4.78 is 20.2. The maximum Gasteiger partial charge on any atom is 0.311 e. The molecule has 1 rings (SSSR count). The molecule has 29 heavy (non-hydrogen) atoms. The second-order valence-electron chi connectivity index (χ2n) is 9.10. The summed E-state index contributed by atoms with van der Waals surface area (Å²) in [6.07, 6.45) is 4.00. The van der Waals surface area contributed by atoms with Crippen molar-refractivity contribution in [2.24, 2.45) is 29.6 Å². The van der Waals surface area contributed by atoms with Crippen LogP contribution in [0.2, 0.25) is 0 Å². The van der Waals surface area contributed by atoms with Gasteiger partial charge in [0.15, 0.2) is 5.79 Å². The lowest BCUT2D eigenvalue weighted by molar-refractivity contribution is -0.333. The molecule has 0 aromatic rings. The first-order valence-electron chi connectivity index (χ1n) is 10.8. The van der Waals surface area contributed by atoms with E-state index in [1.165, 1.54) is 0 Å². The molecule has 1 heterocycles. The molecule has 0 aliphatic carbocycles. The van der Waals surface area contributed by atoms with Gasteiger partial charge in [0.1, 0.15) is 12.4 Å². The lowest BCUT2D eigenvalue weighted by Gasteiger charge is -2.48. The van der Waals surface area contributed by atoms with E-state index in [1.807, 2.05) is 38.7 Å². The van der Waals surface area contributed by atoms with E-state index in [1.54, 1.807) is 0 Å². The molecule has 0 aromatic carbocycles. The Labute approximate surface area is 190 Å². The van der Waals surface area contributed by atoms with Gasteiger partial charge in [-0.05, 0) is 43.6 Å². The van der Waals surface area contributed by atoms with Gasteiger partial charge in [-0.15, -0.1) is 0 Å². The van der Waals surface area contributed by atoms with Gasteiger partial charge in [-0.3, -0.25) is 4.79 Å². The van der Waals surface area contributed by atoms with Gasteiger partial charge in [0.05, 0.1) is 18.1 Å². The minimum absolute atomic E-state index is 0.00571. The average molecular weight is 522 g/mol. The maximum absolute atomic E-state index is 13.0. The Kier molecular flexibility index (Phi) is 10.8. The SMILES string of the molecule is CC[C@@H](OC(=O)[C@H](C)[C@H]1OC(C)(C)O[C@@H]([C@@H](C)C[C@@H](C)C=O)[C@H]1C)[C@H](C)/C=C/I. The van der Waals surface area contributed by atoms with Gasteiger partial charge in [0.2, 0.25) is 0 Å². The number of hydrogen-bond donors (Lipinski definition) is 0. The number of aldehydes is 1. The van der Waals surface area contributed by atoms with Gasteiger partial charge in [-0.2, -0.15) is 0 Å². The number of ether oxygens (including phenoxy) is 3. The van der Waals surface area contributed by atoms with E-state index in [4.69, 9.17) is 14.2 Å². The fraction of sp³-hybridized carbons (Fsp3) is 0.826. The zero-order valence-corrected chi connectivity index (χ0v) is 21.3. The number of carbonyl (C=O) groups is 2. The zero-order chi connectivity index (χ0) is 22.4. The first-order valence-corrected chi connectivity index (χ1v) is 12.0. The van der Waals surface area contributed by atoms with Crippen LogP contribution in [0.4, 0.5) is 0 Å². The van der Waals surface area contributed by atoms with Crippen LogP contribution < -0.4 is 0 Å². The molecule has 8 atom stereocenters. The number of hydrogen-bond acceptors (Lipinski definition) is 5. The van der Waals surface area contributed by atoms with Gasteiger partial charge >= 0.3 is 5.97 Å². The molecule has 0 saturated carbocycles. The molecule has 0 aromatic heterocycles. The molecule has 0 N–H and O–H groups in total. The monoisotopic (exact) mass is 522 g/mol. The van der Waals surface area contributed by atoms with E-state index < -0.39 is 11.7 Å². The number of esters is 1. The Bertz CT molecular complexity index is 561. The van der Waals surface area contributed by atoms with Crippen LogP contribution in [-0.4, -0.2) is 36.4 Å². The summed E-state index contributed by atoms with van der Waals surface area (Å²) in [6, 6.07) is 0. The summed E-state index contributed by atoms with van der Waals surface area (Å²) in [5, 5.41) is 0. The van der Waals surface area contributed by atoms with Crippen LogP contribution in [-0.2, 0) is 23.8 Å². The molecule has 0 unspecified atom stereocenters. The highest BCUT2D eigenvalue weighted by Gasteiger charge is 2.47. The fourth-order valence-electron chi connectivity index (χ4n) is 4.24. The highest BCUT2D eigenvalue weighted by Crippen LogP contribution is 2.39. The second kappa shape index (κ2) is 11.8. The predicted molar refractivity (Wildman–Crippen MR) is 124 cm³/mol. The Morgan fingerprint density at radius 2 is 1.76 bits per heavy atom. The Morgan fingerprint density at radius 1 is 1.17 bits per heavy atom. The molecule has 0 bridgehead atoms. The van der Waals surface area contributed by atoms with Crippen LogP contribution in [0, 0.1) is 29.6 Å². The molecule has 1 saturated heterocycles. The van der Waals surface area contributed by atoms with E-state index in [2.05, 4.69) is 49.4 Å². The van der Waals surface area contributed by atoms with Crippen molar-refractivity contribution in [2.75, 3.05) is 0 Å². The highest BCUT2D eigenvalue weighted by atomic mass is 127. The van der Waals surface area contributed by atoms with Crippen molar-refractivity contribution in [2.45, 2.75) is 92.3 Å². The first-order chi connectivity index (χ1) is 13.5. The first kappa shape index (κ1) is 26.6. The van der Waals surface area contributed by atoms with Crippen LogP contribution >= 0.6 is 22.6 Å². The summed E-state index contributed by atoms with van der Waals surface area (Å²) >= 11 is 2.18. The number of halogens is 1. The summed E-state index contributed by atoms with van der Waals surface area (Å²) in [5.41, 5.74) is 0. The summed E-state index contributed by atoms with van der Waals surface area (Å²) in [5.74, 6) is -1.11. The van der Waals surface area contributed by atoms with Crippen molar-refractivity contribution in [1.82, 2.24) is 0 Å². The third-order valence-corrected chi connectivity index (χ3v) is 6.33. The van der Waals surface area contributed by atoms with E-state index in [0.29, 0.717) is 0 Å².